The average molecular weight is 314 g/mol. The number of nitrogens with zero attached hydrogens (tertiary/aromatic N) is 1. The topological polar surface area (TPSA) is 80.2 Å². The van der Waals surface area contributed by atoms with Crippen molar-refractivity contribution < 1.29 is 19.4 Å². The highest BCUT2D eigenvalue weighted by atomic mass is 16.5. The predicted molar refractivity (Wildman–Crippen MR) is 87.3 cm³/mol. The van der Waals surface area contributed by atoms with Crippen LogP contribution >= 0.6 is 0 Å². The lowest BCUT2D eigenvalue weighted by Gasteiger charge is -2.08. The molecule has 0 bridgehead atoms. The minimum atomic E-state index is -0.365. The van der Waals surface area contributed by atoms with Crippen LogP contribution < -0.4 is 14.9 Å². The van der Waals surface area contributed by atoms with Crippen LogP contribution in [-0.4, -0.2) is 30.9 Å². The summed E-state index contributed by atoms with van der Waals surface area (Å²) < 4.78 is 10.4. The molecule has 0 spiro atoms. The molecule has 0 atom stereocenters. The first-order valence-electron chi connectivity index (χ1n) is 7.08. The Balaban J connectivity index is 2.07. The molecule has 0 heterocycles. The summed E-state index contributed by atoms with van der Waals surface area (Å²) >= 11 is 0. The van der Waals surface area contributed by atoms with E-state index in [0.717, 1.165) is 0 Å². The molecule has 2 N–H and O–H groups in total. The van der Waals surface area contributed by atoms with Crippen molar-refractivity contribution in [1.82, 2.24) is 5.43 Å². The third kappa shape index (κ3) is 4.23. The first-order valence-corrected chi connectivity index (χ1v) is 7.08. The van der Waals surface area contributed by atoms with Crippen molar-refractivity contribution in [2.45, 2.75) is 6.92 Å². The van der Waals surface area contributed by atoms with Crippen LogP contribution in [-0.2, 0) is 0 Å². The fourth-order valence-electron chi connectivity index (χ4n) is 1.94. The molecule has 0 aliphatic rings. The summed E-state index contributed by atoms with van der Waals surface area (Å²) in [6.07, 6.45) is 1.46. The summed E-state index contributed by atoms with van der Waals surface area (Å²) in [6.45, 7) is 2.33. The number of phenols is 1. The number of para-hydroxylation sites is 1. The minimum absolute atomic E-state index is 0.0410. The van der Waals surface area contributed by atoms with E-state index in [1.54, 1.807) is 36.4 Å². The van der Waals surface area contributed by atoms with Crippen LogP contribution in [0.25, 0.3) is 0 Å². The molecule has 6 heteroatoms. The molecule has 0 unspecified atom stereocenters. The largest absolute Gasteiger partial charge is 0.504 e. The molecular weight excluding hydrogens is 296 g/mol. The fraction of sp³-hybridized carbons (Fsp3) is 0.176. The molecule has 0 aliphatic carbocycles. The standard InChI is InChI=1S/C17H18N2O4/c1-3-23-15-7-5-4-6-13(15)17(21)19-18-11-12-8-9-14(20)16(10-12)22-2/h4-11,20H,3H2,1-2H3,(H,19,21)/b18-11+. The summed E-state index contributed by atoms with van der Waals surface area (Å²) in [4.78, 5) is 12.1. The van der Waals surface area contributed by atoms with Gasteiger partial charge in [0.1, 0.15) is 5.75 Å². The first kappa shape index (κ1) is 16.4. The van der Waals surface area contributed by atoms with Gasteiger partial charge in [0, 0.05) is 0 Å². The van der Waals surface area contributed by atoms with E-state index in [1.807, 2.05) is 6.92 Å². The number of carbonyl (C=O) groups is 1. The maximum atomic E-state index is 12.1. The normalized spacial score (nSPS) is 10.5. The average Bonchev–Trinajstić information content (AvgIpc) is 2.57. The van der Waals surface area contributed by atoms with Gasteiger partial charge in [0.2, 0.25) is 0 Å². The highest BCUT2D eigenvalue weighted by molar-refractivity contribution is 5.97. The second-order valence-corrected chi connectivity index (χ2v) is 4.56. The van der Waals surface area contributed by atoms with Gasteiger partial charge in [0.25, 0.3) is 5.91 Å². The molecule has 0 radical (unpaired) electrons. The Morgan fingerprint density at radius 1 is 1.26 bits per heavy atom. The number of phenolic OH excluding ortho intramolecular Hbond substituents is 1. The highest BCUT2D eigenvalue weighted by Crippen LogP contribution is 2.25. The van der Waals surface area contributed by atoms with Gasteiger partial charge in [-0.1, -0.05) is 12.1 Å². The number of rotatable bonds is 6. The third-order valence-electron chi connectivity index (χ3n) is 3.02. The van der Waals surface area contributed by atoms with E-state index in [-0.39, 0.29) is 11.7 Å². The molecule has 0 saturated heterocycles. The first-order chi connectivity index (χ1) is 11.2. The van der Waals surface area contributed by atoms with E-state index in [1.165, 1.54) is 19.4 Å². The monoisotopic (exact) mass is 314 g/mol. The van der Waals surface area contributed by atoms with Gasteiger partial charge in [-0.2, -0.15) is 5.10 Å². The Kier molecular flexibility index (Phi) is 5.57. The molecule has 2 aromatic rings. The number of hydrogen-bond acceptors (Lipinski definition) is 5. The lowest BCUT2D eigenvalue weighted by atomic mass is 10.2. The lowest BCUT2D eigenvalue weighted by Crippen LogP contribution is -2.18. The Bertz CT molecular complexity index is 713. The van der Waals surface area contributed by atoms with E-state index in [9.17, 15) is 9.90 Å². The highest BCUT2D eigenvalue weighted by Gasteiger charge is 2.10. The van der Waals surface area contributed by atoms with Gasteiger partial charge in [-0.3, -0.25) is 4.79 Å². The molecule has 6 nitrogen and oxygen atoms in total. The van der Waals surface area contributed by atoms with Gasteiger partial charge in [-0.05, 0) is 42.8 Å². The number of amides is 1. The Morgan fingerprint density at radius 2 is 2.04 bits per heavy atom. The van der Waals surface area contributed by atoms with E-state index >= 15 is 0 Å². The van der Waals surface area contributed by atoms with Gasteiger partial charge >= 0.3 is 0 Å². The quantitative estimate of drug-likeness (QED) is 0.634. The smallest absolute Gasteiger partial charge is 0.275 e. The number of carbonyl (C=O) groups excluding carboxylic acids is 1. The molecule has 120 valence electrons. The van der Waals surface area contributed by atoms with E-state index < -0.39 is 0 Å². The summed E-state index contributed by atoms with van der Waals surface area (Å²) in [7, 11) is 1.46. The van der Waals surface area contributed by atoms with Crippen molar-refractivity contribution in [3.8, 4) is 17.2 Å². The molecule has 0 fully saturated rings. The second-order valence-electron chi connectivity index (χ2n) is 4.56. The van der Waals surface area contributed by atoms with Crippen molar-refractivity contribution in [2.24, 2.45) is 5.10 Å². The zero-order valence-corrected chi connectivity index (χ0v) is 12.9. The zero-order chi connectivity index (χ0) is 16.7. The third-order valence-corrected chi connectivity index (χ3v) is 3.02. The summed E-state index contributed by atoms with van der Waals surface area (Å²) in [5, 5.41) is 13.4. The van der Waals surface area contributed by atoms with Crippen LogP contribution in [0.5, 0.6) is 17.2 Å². The van der Waals surface area contributed by atoms with Gasteiger partial charge in [-0.15, -0.1) is 0 Å². The SMILES string of the molecule is CCOc1ccccc1C(=O)N/N=C/c1ccc(O)c(OC)c1. The summed E-state index contributed by atoms with van der Waals surface area (Å²) in [5.41, 5.74) is 3.54. The number of nitrogens with one attached hydrogen (secondary N) is 1. The number of hydrazone groups is 1. The lowest BCUT2D eigenvalue weighted by molar-refractivity contribution is 0.0951. The molecule has 2 aromatic carbocycles. The maximum Gasteiger partial charge on any atom is 0.275 e. The number of hydrogen-bond donors (Lipinski definition) is 2. The molecule has 23 heavy (non-hydrogen) atoms. The number of methoxy groups -OCH3 is 1. The van der Waals surface area contributed by atoms with Crippen LogP contribution in [0.15, 0.2) is 47.6 Å². The molecule has 1 amide bonds. The van der Waals surface area contributed by atoms with E-state index in [0.29, 0.717) is 29.2 Å². The maximum absolute atomic E-state index is 12.1. The number of ether oxygens (including phenoxy) is 2. The van der Waals surface area contributed by atoms with Crippen LogP contribution in [0.4, 0.5) is 0 Å². The summed E-state index contributed by atoms with van der Waals surface area (Å²) in [6, 6.07) is 11.7. The van der Waals surface area contributed by atoms with E-state index in [2.05, 4.69) is 10.5 Å². The molecule has 0 aromatic heterocycles. The van der Waals surface area contributed by atoms with Crippen molar-refractivity contribution in [2.75, 3.05) is 13.7 Å². The Hall–Kier alpha value is -3.02. The molecule has 0 saturated carbocycles. The molecular formula is C17H18N2O4. The fourth-order valence-corrected chi connectivity index (χ4v) is 1.94. The van der Waals surface area contributed by atoms with Gasteiger partial charge in [-0.25, -0.2) is 5.43 Å². The van der Waals surface area contributed by atoms with Gasteiger partial charge in [0.05, 0.1) is 25.5 Å². The van der Waals surface area contributed by atoms with Crippen molar-refractivity contribution in [3.05, 3.63) is 53.6 Å². The van der Waals surface area contributed by atoms with Crippen molar-refractivity contribution in [1.29, 1.82) is 0 Å². The zero-order valence-electron chi connectivity index (χ0n) is 12.9. The molecule has 2 rings (SSSR count). The summed E-state index contributed by atoms with van der Waals surface area (Å²) in [5.74, 6) is 0.520. The van der Waals surface area contributed by atoms with Gasteiger partial charge in [0.15, 0.2) is 11.5 Å². The Labute approximate surface area is 134 Å². The molecule has 0 aliphatic heterocycles. The Morgan fingerprint density at radius 3 is 2.78 bits per heavy atom. The second kappa shape index (κ2) is 7.84. The number of benzene rings is 2. The van der Waals surface area contributed by atoms with Crippen LogP contribution in [0, 0.1) is 0 Å². The van der Waals surface area contributed by atoms with Crippen LogP contribution in [0.1, 0.15) is 22.8 Å². The van der Waals surface area contributed by atoms with Crippen molar-refractivity contribution in [3.63, 3.8) is 0 Å². The predicted octanol–water partition coefficient (Wildman–Crippen LogP) is 2.56. The van der Waals surface area contributed by atoms with Gasteiger partial charge < -0.3 is 14.6 Å². The van der Waals surface area contributed by atoms with Crippen LogP contribution in [0.3, 0.4) is 0 Å². The van der Waals surface area contributed by atoms with E-state index in [4.69, 9.17) is 9.47 Å². The minimum Gasteiger partial charge on any atom is -0.504 e. The van der Waals surface area contributed by atoms with Crippen molar-refractivity contribution >= 4 is 12.1 Å². The van der Waals surface area contributed by atoms with Crippen LogP contribution in [0.2, 0.25) is 0 Å². The number of aromatic hydroxyl groups is 1.